The maximum absolute atomic E-state index is 10.2. The minimum absolute atomic E-state index is 0.520. The first-order valence-corrected chi connectivity index (χ1v) is 6.35. The van der Waals surface area contributed by atoms with Gasteiger partial charge in [-0.2, -0.15) is 5.10 Å². The van der Waals surface area contributed by atoms with Gasteiger partial charge >= 0.3 is 0 Å². The molecule has 0 saturated heterocycles. The lowest BCUT2D eigenvalue weighted by Crippen LogP contribution is -2.24. The first-order chi connectivity index (χ1) is 8.84. The number of rotatable bonds is 5. The number of aromatic nitrogens is 2. The average Bonchev–Trinajstić information content (AvgIpc) is 3.11. The molecule has 0 amide bonds. The van der Waals surface area contributed by atoms with Gasteiger partial charge < -0.3 is 10.4 Å². The van der Waals surface area contributed by atoms with E-state index in [4.69, 9.17) is 0 Å². The summed E-state index contributed by atoms with van der Waals surface area (Å²) < 4.78 is 1.79. The van der Waals surface area contributed by atoms with Crippen molar-refractivity contribution in [3.63, 3.8) is 0 Å². The van der Waals surface area contributed by atoms with Crippen molar-refractivity contribution in [2.75, 3.05) is 6.54 Å². The van der Waals surface area contributed by atoms with Crippen LogP contribution in [0.4, 0.5) is 0 Å². The van der Waals surface area contributed by atoms with Gasteiger partial charge in [0.25, 0.3) is 0 Å². The molecule has 1 aromatic heterocycles. The van der Waals surface area contributed by atoms with Crippen LogP contribution in [0.25, 0.3) is 5.69 Å². The Labute approximate surface area is 106 Å². The smallest absolute Gasteiger partial charge is 0.108 e. The Bertz CT molecular complexity index is 505. The summed E-state index contributed by atoms with van der Waals surface area (Å²) in [5.41, 5.74) is 1.80. The lowest BCUT2D eigenvalue weighted by atomic mass is 10.2. The van der Waals surface area contributed by atoms with Gasteiger partial charge in [0.05, 0.1) is 11.4 Å². The largest absolute Gasteiger partial charge is 0.385 e. The summed E-state index contributed by atoms with van der Waals surface area (Å²) in [6.45, 7) is 0.587. The predicted octanol–water partition coefficient (Wildman–Crippen LogP) is 1.66. The van der Waals surface area contributed by atoms with Gasteiger partial charge in [-0.1, -0.05) is 18.2 Å². The van der Waals surface area contributed by atoms with Crippen LogP contribution in [0.1, 0.15) is 24.6 Å². The summed E-state index contributed by atoms with van der Waals surface area (Å²) in [5, 5.41) is 17.8. The maximum atomic E-state index is 10.2. The second-order valence-corrected chi connectivity index (χ2v) is 4.70. The number of para-hydroxylation sites is 1. The Morgan fingerprint density at radius 3 is 2.78 bits per heavy atom. The van der Waals surface area contributed by atoms with Crippen molar-refractivity contribution in [1.29, 1.82) is 0 Å². The Balaban J connectivity index is 1.77. The summed E-state index contributed by atoms with van der Waals surface area (Å²) in [6, 6.07) is 12.3. The molecule has 1 aromatic carbocycles. The van der Waals surface area contributed by atoms with Crippen LogP contribution < -0.4 is 5.32 Å². The molecular weight excluding hydrogens is 226 g/mol. The van der Waals surface area contributed by atoms with Crippen LogP contribution in [0, 0.1) is 0 Å². The van der Waals surface area contributed by atoms with E-state index in [-0.39, 0.29) is 0 Å². The van der Waals surface area contributed by atoms with Gasteiger partial charge in [0.15, 0.2) is 0 Å². The quantitative estimate of drug-likeness (QED) is 0.839. The molecule has 0 spiro atoms. The summed E-state index contributed by atoms with van der Waals surface area (Å²) in [7, 11) is 0. The number of aliphatic hydroxyl groups excluding tert-OH is 1. The fourth-order valence-electron chi connectivity index (χ4n) is 2.02. The van der Waals surface area contributed by atoms with E-state index in [2.05, 4.69) is 10.4 Å². The third-order valence-corrected chi connectivity index (χ3v) is 3.19. The molecule has 2 N–H and O–H groups in total. The van der Waals surface area contributed by atoms with Crippen molar-refractivity contribution >= 4 is 0 Å². The summed E-state index contributed by atoms with van der Waals surface area (Å²) in [5.74, 6) is 0. The molecule has 2 aromatic rings. The molecule has 1 atom stereocenters. The van der Waals surface area contributed by atoms with Crippen LogP contribution in [-0.2, 0) is 0 Å². The van der Waals surface area contributed by atoms with E-state index in [1.807, 2.05) is 36.4 Å². The molecule has 94 valence electrons. The fourth-order valence-corrected chi connectivity index (χ4v) is 2.02. The van der Waals surface area contributed by atoms with E-state index in [1.165, 1.54) is 12.8 Å². The highest BCUT2D eigenvalue weighted by Crippen LogP contribution is 2.21. The van der Waals surface area contributed by atoms with Crippen LogP contribution in [0.15, 0.2) is 42.6 Å². The molecule has 1 unspecified atom stereocenters. The molecule has 0 radical (unpaired) electrons. The van der Waals surface area contributed by atoms with Crippen molar-refractivity contribution in [2.24, 2.45) is 0 Å². The topological polar surface area (TPSA) is 50.1 Å². The summed E-state index contributed by atoms with van der Waals surface area (Å²) >= 11 is 0. The van der Waals surface area contributed by atoms with Crippen LogP contribution in [0.5, 0.6) is 0 Å². The molecule has 0 bridgehead atoms. The highest BCUT2D eigenvalue weighted by atomic mass is 16.3. The van der Waals surface area contributed by atoms with E-state index in [9.17, 15) is 5.11 Å². The van der Waals surface area contributed by atoms with E-state index >= 15 is 0 Å². The Hall–Kier alpha value is -1.65. The van der Waals surface area contributed by atoms with E-state index in [0.29, 0.717) is 12.6 Å². The maximum Gasteiger partial charge on any atom is 0.108 e. The Morgan fingerprint density at radius 1 is 1.28 bits per heavy atom. The zero-order valence-electron chi connectivity index (χ0n) is 10.2. The minimum atomic E-state index is -0.520. The van der Waals surface area contributed by atoms with Crippen LogP contribution in [0.2, 0.25) is 0 Å². The molecule has 1 aliphatic rings. The fraction of sp³-hybridized carbons (Fsp3) is 0.357. The average molecular weight is 243 g/mol. The zero-order valence-corrected chi connectivity index (χ0v) is 10.2. The van der Waals surface area contributed by atoms with Gasteiger partial charge in [-0.3, -0.25) is 0 Å². The highest BCUT2D eigenvalue weighted by Gasteiger charge is 2.22. The van der Waals surface area contributed by atoms with Crippen molar-refractivity contribution in [1.82, 2.24) is 15.1 Å². The monoisotopic (exact) mass is 243 g/mol. The summed E-state index contributed by atoms with van der Waals surface area (Å²) in [6.07, 6.45) is 3.66. The molecule has 1 saturated carbocycles. The number of aliphatic hydroxyl groups is 1. The van der Waals surface area contributed by atoms with E-state index < -0.39 is 6.10 Å². The zero-order chi connectivity index (χ0) is 12.4. The number of hydrogen-bond donors (Lipinski definition) is 2. The van der Waals surface area contributed by atoms with Gasteiger partial charge in [0.2, 0.25) is 0 Å². The van der Waals surface area contributed by atoms with Gasteiger partial charge in [-0.05, 0) is 31.0 Å². The normalized spacial score (nSPS) is 16.7. The number of benzene rings is 1. The van der Waals surface area contributed by atoms with Crippen LogP contribution >= 0.6 is 0 Å². The number of hydrogen-bond acceptors (Lipinski definition) is 3. The van der Waals surface area contributed by atoms with Gasteiger partial charge in [0.1, 0.15) is 6.10 Å². The van der Waals surface area contributed by atoms with Crippen molar-refractivity contribution < 1.29 is 5.11 Å². The van der Waals surface area contributed by atoms with Crippen LogP contribution in [-0.4, -0.2) is 27.5 Å². The SMILES string of the molecule is OC(CNC1CC1)c1ccnn1-c1ccccc1. The number of nitrogens with zero attached hydrogens (tertiary/aromatic N) is 2. The van der Waals surface area contributed by atoms with E-state index in [0.717, 1.165) is 11.4 Å². The van der Waals surface area contributed by atoms with Gasteiger partial charge in [0, 0.05) is 18.8 Å². The first kappa shape index (κ1) is 11.4. The molecule has 1 fully saturated rings. The van der Waals surface area contributed by atoms with Crippen molar-refractivity contribution in [3.8, 4) is 5.69 Å². The molecule has 18 heavy (non-hydrogen) atoms. The number of nitrogens with one attached hydrogen (secondary N) is 1. The lowest BCUT2D eigenvalue weighted by molar-refractivity contribution is 0.166. The second kappa shape index (κ2) is 4.92. The van der Waals surface area contributed by atoms with Gasteiger partial charge in [-0.25, -0.2) is 4.68 Å². The predicted molar refractivity (Wildman–Crippen MR) is 69.5 cm³/mol. The first-order valence-electron chi connectivity index (χ1n) is 6.35. The molecule has 0 aliphatic heterocycles. The van der Waals surface area contributed by atoms with Crippen molar-refractivity contribution in [2.45, 2.75) is 25.0 Å². The molecule has 1 heterocycles. The summed E-state index contributed by atoms with van der Waals surface area (Å²) in [4.78, 5) is 0. The molecule has 1 aliphatic carbocycles. The highest BCUT2D eigenvalue weighted by molar-refractivity contribution is 5.32. The molecule has 4 nitrogen and oxygen atoms in total. The molecule has 3 rings (SSSR count). The van der Waals surface area contributed by atoms with E-state index in [1.54, 1.807) is 10.9 Å². The lowest BCUT2D eigenvalue weighted by Gasteiger charge is -2.14. The van der Waals surface area contributed by atoms with Gasteiger partial charge in [-0.15, -0.1) is 0 Å². The second-order valence-electron chi connectivity index (χ2n) is 4.70. The van der Waals surface area contributed by atoms with Crippen LogP contribution in [0.3, 0.4) is 0 Å². The third-order valence-electron chi connectivity index (χ3n) is 3.19. The minimum Gasteiger partial charge on any atom is -0.385 e. The Morgan fingerprint density at radius 2 is 2.06 bits per heavy atom. The Kier molecular flexibility index (Phi) is 3.13. The molecule has 4 heteroatoms. The molecular formula is C14H17N3O. The third kappa shape index (κ3) is 2.44. The van der Waals surface area contributed by atoms with Crippen molar-refractivity contribution in [3.05, 3.63) is 48.3 Å². The standard InChI is InChI=1S/C14H17N3O/c18-14(10-15-11-6-7-11)13-8-9-16-17(13)12-4-2-1-3-5-12/h1-5,8-9,11,14-15,18H,6-7,10H2.